The highest BCUT2D eigenvalue weighted by atomic mass is 16.1. The molecular weight excluding hydrogens is 346 g/mol. The smallest absolute Gasteiger partial charge is 0.168 e. The molecule has 0 bridgehead atoms. The number of nitrogens with zero attached hydrogens (tertiary/aromatic N) is 3. The predicted molar refractivity (Wildman–Crippen MR) is 111 cm³/mol. The molecule has 2 aromatic heterocycles. The van der Waals surface area contributed by atoms with Crippen molar-refractivity contribution in [3.05, 3.63) is 89.5 Å². The van der Waals surface area contributed by atoms with Gasteiger partial charge in [-0.2, -0.15) is 5.10 Å². The van der Waals surface area contributed by atoms with Gasteiger partial charge in [0.05, 0.1) is 12.6 Å². The summed E-state index contributed by atoms with van der Waals surface area (Å²) in [5.74, 6) is 0.0957. The Balaban J connectivity index is 1.44. The monoisotopic (exact) mass is 365 g/mol. The number of fused-ring (bicyclic) bond motifs is 2. The first-order chi connectivity index (χ1) is 13.7. The molecule has 0 unspecified atom stereocenters. The Bertz CT molecular complexity index is 1250. The molecule has 4 nitrogen and oxygen atoms in total. The topological polar surface area (TPSA) is 47.8 Å². The van der Waals surface area contributed by atoms with Crippen molar-refractivity contribution >= 4 is 22.6 Å². The third-order valence-corrected chi connectivity index (χ3v) is 5.26. The van der Waals surface area contributed by atoms with Crippen LogP contribution in [0.25, 0.3) is 28.0 Å². The van der Waals surface area contributed by atoms with Crippen molar-refractivity contribution in [3.63, 3.8) is 0 Å². The van der Waals surface area contributed by atoms with Gasteiger partial charge in [0.15, 0.2) is 5.78 Å². The minimum Gasteiger partial charge on any atom is -0.294 e. The van der Waals surface area contributed by atoms with Gasteiger partial charge in [-0.25, -0.2) is 0 Å². The maximum absolute atomic E-state index is 12.8. The lowest BCUT2D eigenvalue weighted by molar-refractivity contribution is 0.0992. The van der Waals surface area contributed by atoms with E-state index in [1.54, 1.807) is 4.68 Å². The second-order valence-corrected chi connectivity index (χ2v) is 7.26. The number of rotatable bonds is 4. The van der Waals surface area contributed by atoms with Crippen molar-refractivity contribution in [2.45, 2.75) is 12.8 Å². The van der Waals surface area contributed by atoms with Crippen LogP contribution in [0.2, 0.25) is 0 Å². The number of aryl methyl sites for hydroxylation is 1. The number of carbonyl (C=O) groups excluding carboxylic acids is 1. The number of hydrogen-bond donors (Lipinski definition) is 0. The van der Waals surface area contributed by atoms with Crippen LogP contribution in [0, 0.1) is 0 Å². The fraction of sp³-hybridized carbons (Fsp3) is 0.125. The molecule has 136 valence electrons. The Morgan fingerprint density at radius 2 is 1.96 bits per heavy atom. The molecule has 0 fully saturated rings. The standard InChI is InChI=1S/C24H19N3O/c1-27-15-22(14-26-27)18-6-8-20-13-25-23(11-21(20)10-18)12-24(28)19-7-5-16-3-2-4-17(16)9-19/h2,4-11,13-15H,3,12H2,1H3. The molecule has 0 radical (unpaired) electrons. The van der Waals surface area contributed by atoms with Crippen LogP contribution < -0.4 is 0 Å². The Hall–Kier alpha value is -3.53. The van der Waals surface area contributed by atoms with E-state index in [1.807, 2.05) is 43.8 Å². The van der Waals surface area contributed by atoms with Gasteiger partial charge in [0, 0.05) is 41.6 Å². The van der Waals surface area contributed by atoms with E-state index in [2.05, 4.69) is 46.5 Å². The van der Waals surface area contributed by atoms with Gasteiger partial charge in [-0.15, -0.1) is 0 Å². The van der Waals surface area contributed by atoms with E-state index in [0.717, 1.165) is 45.1 Å². The van der Waals surface area contributed by atoms with Crippen LogP contribution in [0.1, 0.15) is 27.2 Å². The van der Waals surface area contributed by atoms with Crippen molar-refractivity contribution < 1.29 is 4.79 Å². The van der Waals surface area contributed by atoms with Gasteiger partial charge in [-0.1, -0.05) is 36.4 Å². The van der Waals surface area contributed by atoms with Gasteiger partial charge in [0.25, 0.3) is 0 Å². The van der Waals surface area contributed by atoms with Crippen LogP contribution in [0.15, 0.2) is 67.1 Å². The highest BCUT2D eigenvalue weighted by Crippen LogP contribution is 2.25. The van der Waals surface area contributed by atoms with Gasteiger partial charge in [-0.05, 0) is 46.7 Å². The van der Waals surface area contributed by atoms with Crippen LogP contribution in [-0.2, 0) is 19.9 Å². The molecule has 0 amide bonds. The number of hydrogen-bond acceptors (Lipinski definition) is 3. The van der Waals surface area contributed by atoms with E-state index in [-0.39, 0.29) is 5.78 Å². The first-order valence-electron chi connectivity index (χ1n) is 9.36. The fourth-order valence-corrected chi connectivity index (χ4v) is 3.72. The van der Waals surface area contributed by atoms with Crippen molar-refractivity contribution in [2.24, 2.45) is 7.05 Å². The summed E-state index contributed by atoms with van der Waals surface area (Å²) in [6, 6.07) is 14.2. The summed E-state index contributed by atoms with van der Waals surface area (Å²) < 4.78 is 1.79. The molecule has 1 aliphatic carbocycles. The van der Waals surface area contributed by atoms with Crippen LogP contribution in [0.4, 0.5) is 0 Å². The van der Waals surface area contributed by atoms with E-state index >= 15 is 0 Å². The molecular formula is C24H19N3O. The van der Waals surface area contributed by atoms with Crippen LogP contribution in [-0.4, -0.2) is 20.5 Å². The van der Waals surface area contributed by atoms with Gasteiger partial charge >= 0.3 is 0 Å². The predicted octanol–water partition coefficient (Wildman–Crippen LogP) is 4.63. The Labute approximate surface area is 163 Å². The summed E-state index contributed by atoms with van der Waals surface area (Å²) in [5, 5.41) is 6.38. The molecule has 4 aromatic rings. The zero-order chi connectivity index (χ0) is 19.1. The van der Waals surface area contributed by atoms with Crippen molar-refractivity contribution in [1.29, 1.82) is 0 Å². The number of Topliss-reactive ketones (excluding diaryl/α,β-unsaturated/α-hetero) is 1. The molecule has 0 aliphatic heterocycles. The summed E-state index contributed by atoms with van der Waals surface area (Å²) in [5.41, 5.74) is 6.15. The van der Waals surface area contributed by atoms with Gasteiger partial charge < -0.3 is 0 Å². The lowest BCUT2D eigenvalue weighted by Gasteiger charge is -2.06. The molecule has 28 heavy (non-hydrogen) atoms. The molecule has 0 atom stereocenters. The lowest BCUT2D eigenvalue weighted by Crippen LogP contribution is -2.05. The summed E-state index contributed by atoms with van der Waals surface area (Å²) in [6.07, 6.45) is 11.2. The zero-order valence-corrected chi connectivity index (χ0v) is 15.6. The Morgan fingerprint density at radius 1 is 1.04 bits per heavy atom. The molecule has 2 aromatic carbocycles. The van der Waals surface area contributed by atoms with Crippen LogP contribution >= 0.6 is 0 Å². The summed E-state index contributed by atoms with van der Waals surface area (Å²) >= 11 is 0. The van der Waals surface area contributed by atoms with E-state index in [9.17, 15) is 4.79 Å². The molecule has 4 heteroatoms. The fourth-order valence-electron chi connectivity index (χ4n) is 3.72. The number of ketones is 1. The molecule has 0 N–H and O–H groups in total. The second-order valence-electron chi connectivity index (χ2n) is 7.26. The summed E-state index contributed by atoms with van der Waals surface area (Å²) in [7, 11) is 1.91. The molecule has 5 rings (SSSR count). The minimum atomic E-state index is 0.0957. The number of carbonyl (C=O) groups is 1. The van der Waals surface area contributed by atoms with Gasteiger partial charge in [0.1, 0.15) is 0 Å². The highest BCUT2D eigenvalue weighted by Gasteiger charge is 2.12. The number of aromatic nitrogens is 3. The summed E-state index contributed by atoms with van der Waals surface area (Å²) in [4.78, 5) is 17.3. The van der Waals surface area contributed by atoms with E-state index in [4.69, 9.17) is 0 Å². The average Bonchev–Trinajstić information content (AvgIpc) is 3.35. The highest BCUT2D eigenvalue weighted by molar-refractivity contribution is 5.98. The molecule has 2 heterocycles. The molecule has 0 saturated carbocycles. The van der Waals surface area contributed by atoms with E-state index < -0.39 is 0 Å². The van der Waals surface area contributed by atoms with Crippen molar-refractivity contribution in [2.75, 3.05) is 0 Å². The quantitative estimate of drug-likeness (QED) is 0.495. The van der Waals surface area contributed by atoms with Crippen molar-refractivity contribution in [3.8, 4) is 11.1 Å². The largest absolute Gasteiger partial charge is 0.294 e. The first-order valence-corrected chi connectivity index (χ1v) is 9.36. The Morgan fingerprint density at radius 3 is 2.82 bits per heavy atom. The number of pyridine rings is 1. The maximum atomic E-state index is 12.8. The minimum absolute atomic E-state index is 0.0957. The van der Waals surface area contributed by atoms with Crippen LogP contribution in [0.5, 0.6) is 0 Å². The number of benzene rings is 2. The van der Waals surface area contributed by atoms with Crippen molar-refractivity contribution in [1.82, 2.24) is 14.8 Å². The van der Waals surface area contributed by atoms with Crippen LogP contribution in [0.3, 0.4) is 0 Å². The molecule has 1 aliphatic rings. The number of allylic oxidation sites excluding steroid dienone is 1. The molecule has 0 saturated heterocycles. The van der Waals surface area contributed by atoms with E-state index in [1.165, 1.54) is 5.56 Å². The third kappa shape index (κ3) is 3.03. The Kier molecular flexibility index (Phi) is 3.90. The third-order valence-electron chi connectivity index (χ3n) is 5.26. The molecule has 0 spiro atoms. The van der Waals surface area contributed by atoms with Gasteiger partial charge in [-0.3, -0.25) is 14.5 Å². The van der Waals surface area contributed by atoms with Gasteiger partial charge in [0.2, 0.25) is 0 Å². The normalized spacial score (nSPS) is 12.5. The SMILES string of the molecule is Cn1cc(-c2ccc3cnc(CC(=O)c4ccc5c(c4)C=CC5)cc3c2)cn1. The van der Waals surface area contributed by atoms with E-state index in [0.29, 0.717) is 6.42 Å². The lowest BCUT2D eigenvalue weighted by atomic mass is 10.00. The maximum Gasteiger partial charge on any atom is 0.168 e. The summed E-state index contributed by atoms with van der Waals surface area (Å²) in [6.45, 7) is 0. The second kappa shape index (κ2) is 6.57. The average molecular weight is 365 g/mol. The zero-order valence-electron chi connectivity index (χ0n) is 15.6. The first kappa shape index (κ1) is 16.6.